The molecule has 0 unspecified atom stereocenters. The lowest BCUT2D eigenvalue weighted by molar-refractivity contribution is 0.122. The highest BCUT2D eigenvalue weighted by Gasteiger charge is 2.25. The van der Waals surface area contributed by atoms with E-state index in [2.05, 4.69) is 50.2 Å². The molecule has 110 valence electrons. The predicted octanol–water partition coefficient (Wildman–Crippen LogP) is 2.80. The first kappa shape index (κ1) is 12.7. The summed E-state index contributed by atoms with van der Waals surface area (Å²) in [5.41, 5.74) is 2.34. The number of hydrogen-bond acceptors (Lipinski definition) is 4. The van der Waals surface area contributed by atoms with Gasteiger partial charge in [-0.25, -0.2) is 4.98 Å². The molecule has 0 spiro atoms. The van der Waals surface area contributed by atoms with Gasteiger partial charge in [0.25, 0.3) is 0 Å². The van der Waals surface area contributed by atoms with Gasteiger partial charge in [0.2, 0.25) is 5.95 Å². The van der Waals surface area contributed by atoms with E-state index in [1.807, 2.05) is 6.20 Å². The van der Waals surface area contributed by atoms with Crippen molar-refractivity contribution in [2.24, 2.45) is 0 Å². The number of imidazole rings is 1. The van der Waals surface area contributed by atoms with Gasteiger partial charge in [0.15, 0.2) is 0 Å². The Balaban J connectivity index is 1.47. The smallest absolute Gasteiger partial charge is 0.207 e. The molecule has 0 amide bonds. The van der Waals surface area contributed by atoms with Crippen LogP contribution in [0.15, 0.2) is 36.7 Å². The minimum absolute atomic E-state index is 0.641. The third-order valence-electron chi connectivity index (χ3n) is 4.11. The van der Waals surface area contributed by atoms with E-state index in [1.54, 1.807) is 0 Å². The highest BCUT2D eigenvalue weighted by molar-refractivity contribution is 5.59. The molecule has 2 heterocycles. The Morgan fingerprint density at radius 2 is 1.86 bits per heavy atom. The van der Waals surface area contributed by atoms with Gasteiger partial charge in [0.05, 0.1) is 13.2 Å². The molecule has 0 radical (unpaired) electrons. The predicted molar refractivity (Wildman–Crippen MR) is 83.3 cm³/mol. The van der Waals surface area contributed by atoms with Crippen molar-refractivity contribution >= 4 is 17.3 Å². The van der Waals surface area contributed by atoms with Crippen LogP contribution in [-0.4, -0.2) is 35.9 Å². The van der Waals surface area contributed by atoms with Crippen LogP contribution in [0, 0.1) is 0 Å². The number of hydrogen-bond donors (Lipinski definition) is 1. The molecule has 2 aromatic rings. The summed E-state index contributed by atoms with van der Waals surface area (Å²) in [5, 5.41) is 3.41. The summed E-state index contributed by atoms with van der Waals surface area (Å²) in [5.74, 6) is 0.941. The lowest BCUT2D eigenvalue weighted by atomic mass is 10.2. The molecule has 4 rings (SSSR count). The molecule has 1 aliphatic heterocycles. The first-order valence-corrected chi connectivity index (χ1v) is 7.63. The van der Waals surface area contributed by atoms with Crippen molar-refractivity contribution in [2.75, 3.05) is 36.5 Å². The van der Waals surface area contributed by atoms with Crippen molar-refractivity contribution < 1.29 is 4.74 Å². The minimum Gasteiger partial charge on any atom is -0.378 e. The average Bonchev–Trinajstić information content (AvgIpc) is 3.29. The van der Waals surface area contributed by atoms with Gasteiger partial charge in [-0.05, 0) is 37.1 Å². The number of nitrogens with one attached hydrogen (secondary N) is 1. The maximum Gasteiger partial charge on any atom is 0.207 e. The molecule has 1 aromatic carbocycles. The zero-order valence-electron chi connectivity index (χ0n) is 12.0. The average molecular weight is 284 g/mol. The van der Waals surface area contributed by atoms with Crippen molar-refractivity contribution in [3.63, 3.8) is 0 Å². The lowest BCUT2D eigenvalue weighted by Gasteiger charge is -2.28. The third-order valence-corrected chi connectivity index (χ3v) is 4.11. The van der Waals surface area contributed by atoms with Gasteiger partial charge in [-0.2, -0.15) is 0 Å². The Bertz CT molecular complexity index is 597. The number of aromatic nitrogens is 2. The Kier molecular flexibility index (Phi) is 3.27. The van der Waals surface area contributed by atoms with Gasteiger partial charge in [-0.1, -0.05) is 0 Å². The Hall–Kier alpha value is -2.01. The van der Waals surface area contributed by atoms with Gasteiger partial charge in [0.1, 0.15) is 0 Å². The van der Waals surface area contributed by atoms with Crippen LogP contribution in [0.1, 0.15) is 18.9 Å². The van der Waals surface area contributed by atoms with Crippen LogP contribution in [0.4, 0.5) is 17.3 Å². The molecule has 1 N–H and O–H groups in total. The fourth-order valence-electron chi connectivity index (χ4n) is 2.76. The second-order valence-electron chi connectivity index (χ2n) is 5.66. The van der Waals surface area contributed by atoms with E-state index in [0.717, 1.165) is 37.9 Å². The topological polar surface area (TPSA) is 42.3 Å². The van der Waals surface area contributed by atoms with Crippen LogP contribution in [0.3, 0.4) is 0 Å². The van der Waals surface area contributed by atoms with Gasteiger partial charge < -0.3 is 19.5 Å². The molecule has 1 aliphatic carbocycles. The SMILES string of the molecule is c1cn(C2CC2)c(Nc2ccc(N3CCOCC3)cc2)n1. The summed E-state index contributed by atoms with van der Waals surface area (Å²) >= 11 is 0. The molecular weight excluding hydrogens is 264 g/mol. The molecule has 5 heteroatoms. The fraction of sp³-hybridized carbons (Fsp3) is 0.438. The summed E-state index contributed by atoms with van der Waals surface area (Å²) in [6.07, 6.45) is 6.45. The van der Waals surface area contributed by atoms with E-state index in [-0.39, 0.29) is 0 Å². The van der Waals surface area contributed by atoms with Crippen LogP contribution in [0.2, 0.25) is 0 Å². The number of morpholine rings is 1. The zero-order valence-corrected chi connectivity index (χ0v) is 12.0. The number of benzene rings is 1. The number of anilines is 3. The summed E-state index contributed by atoms with van der Waals surface area (Å²) in [6.45, 7) is 3.58. The molecule has 21 heavy (non-hydrogen) atoms. The van der Waals surface area contributed by atoms with E-state index in [4.69, 9.17) is 4.74 Å². The molecule has 1 aromatic heterocycles. The monoisotopic (exact) mass is 284 g/mol. The molecule has 0 atom stereocenters. The van der Waals surface area contributed by atoms with E-state index >= 15 is 0 Å². The Labute approximate surface area is 124 Å². The molecular formula is C16H20N4O. The summed E-state index contributed by atoms with van der Waals surface area (Å²) < 4.78 is 7.62. The van der Waals surface area contributed by atoms with Crippen LogP contribution in [0.5, 0.6) is 0 Å². The Morgan fingerprint density at radius 3 is 2.57 bits per heavy atom. The standard InChI is InChI=1S/C16H20N4O/c1-3-14(19-9-11-21-12-10-19)4-2-13(1)18-16-17-7-8-20(16)15-5-6-15/h1-4,7-8,15H,5-6,9-12H2,(H,17,18). The first-order valence-electron chi connectivity index (χ1n) is 7.63. The van der Waals surface area contributed by atoms with Crippen molar-refractivity contribution in [3.8, 4) is 0 Å². The second kappa shape index (κ2) is 5.41. The maximum absolute atomic E-state index is 5.39. The maximum atomic E-state index is 5.39. The second-order valence-corrected chi connectivity index (χ2v) is 5.66. The first-order chi connectivity index (χ1) is 10.4. The molecule has 1 saturated carbocycles. The van der Waals surface area contributed by atoms with Crippen molar-refractivity contribution in [3.05, 3.63) is 36.7 Å². The molecule has 5 nitrogen and oxygen atoms in total. The quantitative estimate of drug-likeness (QED) is 0.937. The zero-order chi connectivity index (χ0) is 14.1. The number of ether oxygens (including phenoxy) is 1. The van der Waals surface area contributed by atoms with Gasteiger partial charge in [-0.3, -0.25) is 0 Å². The fourth-order valence-corrected chi connectivity index (χ4v) is 2.76. The van der Waals surface area contributed by atoms with Crippen molar-refractivity contribution in [1.82, 2.24) is 9.55 Å². The largest absolute Gasteiger partial charge is 0.378 e. The van der Waals surface area contributed by atoms with Gasteiger partial charge in [-0.15, -0.1) is 0 Å². The van der Waals surface area contributed by atoms with Gasteiger partial charge >= 0.3 is 0 Å². The minimum atomic E-state index is 0.641. The normalized spacial score (nSPS) is 18.8. The molecule has 2 fully saturated rings. The number of nitrogens with zero attached hydrogens (tertiary/aromatic N) is 3. The number of rotatable bonds is 4. The van der Waals surface area contributed by atoms with Crippen LogP contribution >= 0.6 is 0 Å². The van der Waals surface area contributed by atoms with Crippen LogP contribution in [0.25, 0.3) is 0 Å². The van der Waals surface area contributed by atoms with E-state index in [0.29, 0.717) is 6.04 Å². The van der Waals surface area contributed by atoms with Crippen LogP contribution < -0.4 is 10.2 Å². The summed E-state index contributed by atoms with van der Waals surface area (Å²) in [7, 11) is 0. The highest BCUT2D eigenvalue weighted by atomic mass is 16.5. The van der Waals surface area contributed by atoms with E-state index < -0.39 is 0 Å². The van der Waals surface area contributed by atoms with Crippen molar-refractivity contribution in [2.45, 2.75) is 18.9 Å². The summed E-state index contributed by atoms with van der Waals surface area (Å²) in [4.78, 5) is 6.77. The van der Waals surface area contributed by atoms with E-state index in [1.165, 1.54) is 18.5 Å². The van der Waals surface area contributed by atoms with Gasteiger partial charge in [0, 0.05) is 42.9 Å². The third kappa shape index (κ3) is 2.74. The molecule has 1 saturated heterocycles. The molecule has 2 aliphatic rings. The Morgan fingerprint density at radius 1 is 1.10 bits per heavy atom. The molecule has 0 bridgehead atoms. The lowest BCUT2D eigenvalue weighted by Crippen LogP contribution is -2.36. The van der Waals surface area contributed by atoms with Crippen molar-refractivity contribution in [1.29, 1.82) is 0 Å². The summed E-state index contributed by atoms with van der Waals surface area (Å²) in [6, 6.07) is 9.21. The van der Waals surface area contributed by atoms with Crippen LogP contribution in [-0.2, 0) is 4.74 Å². The highest BCUT2D eigenvalue weighted by Crippen LogP contribution is 2.37. The van der Waals surface area contributed by atoms with E-state index in [9.17, 15) is 0 Å².